The molecule has 2 rings (SSSR count). The molecule has 108 valence electrons. The molecule has 4 nitrogen and oxygen atoms in total. The number of hydrogen-bond acceptors (Lipinski definition) is 4. The van der Waals surface area contributed by atoms with Crippen molar-refractivity contribution in [2.24, 2.45) is 0 Å². The molecule has 0 saturated heterocycles. The number of nitriles is 1. The minimum Gasteiger partial charge on any atom is -0.399 e. The van der Waals surface area contributed by atoms with Crippen LogP contribution in [0.2, 0.25) is 0 Å². The summed E-state index contributed by atoms with van der Waals surface area (Å²) in [4.78, 5) is 6.37. The Morgan fingerprint density at radius 3 is 2.81 bits per heavy atom. The summed E-state index contributed by atoms with van der Waals surface area (Å²) >= 11 is 3.55. The molecule has 1 aromatic heterocycles. The van der Waals surface area contributed by atoms with Crippen LogP contribution in [-0.4, -0.2) is 16.4 Å². The van der Waals surface area contributed by atoms with Gasteiger partial charge in [0.1, 0.15) is 0 Å². The van der Waals surface area contributed by atoms with Crippen molar-refractivity contribution in [1.82, 2.24) is 9.88 Å². The summed E-state index contributed by atoms with van der Waals surface area (Å²) in [6, 6.07) is 12.0. The van der Waals surface area contributed by atoms with Gasteiger partial charge in [0, 0.05) is 48.6 Å². The fourth-order valence-corrected chi connectivity index (χ4v) is 2.63. The number of nitrogens with two attached hydrogens (primary N) is 1. The Kier molecular flexibility index (Phi) is 5.73. The molecular formula is C16H17BrN4. The summed E-state index contributed by atoms with van der Waals surface area (Å²) < 4.78 is 0.996. The second-order valence-corrected chi connectivity index (χ2v) is 5.69. The summed E-state index contributed by atoms with van der Waals surface area (Å²) in [7, 11) is 0. The van der Waals surface area contributed by atoms with Gasteiger partial charge in [-0.25, -0.2) is 0 Å². The van der Waals surface area contributed by atoms with Crippen molar-refractivity contribution in [3.63, 3.8) is 0 Å². The highest BCUT2D eigenvalue weighted by Crippen LogP contribution is 2.22. The van der Waals surface area contributed by atoms with Crippen LogP contribution in [0.3, 0.4) is 0 Å². The van der Waals surface area contributed by atoms with Crippen molar-refractivity contribution in [1.29, 1.82) is 5.26 Å². The van der Waals surface area contributed by atoms with Crippen LogP contribution in [0.4, 0.5) is 5.69 Å². The molecule has 2 N–H and O–H groups in total. The molecule has 0 atom stereocenters. The number of nitrogen functional groups attached to an aromatic ring is 1. The van der Waals surface area contributed by atoms with Crippen LogP contribution in [0.15, 0.2) is 47.2 Å². The average Bonchev–Trinajstić information content (AvgIpc) is 2.48. The molecule has 0 spiro atoms. The number of pyridine rings is 1. The molecule has 0 amide bonds. The van der Waals surface area contributed by atoms with E-state index < -0.39 is 0 Å². The first-order valence-corrected chi connectivity index (χ1v) is 7.50. The molecule has 1 heterocycles. The van der Waals surface area contributed by atoms with Crippen molar-refractivity contribution >= 4 is 21.6 Å². The van der Waals surface area contributed by atoms with E-state index >= 15 is 0 Å². The molecule has 0 unspecified atom stereocenters. The summed E-state index contributed by atoms with van der Waals surface area (Å²) in [6.07, 6.45) is 4.13. The summed E-state index contributed by atoms with van der Waals surface area (Å²) in [5.74, 6) is 0. The fourth-order valence-electron chi connectivity index (χ4n) is 2.10. The number of anilines is 1. The second-order valence-electron chi connectivity index (χ2n) is 4.83. The normalized spacial score (nSPS) is 10.5. The maximum atomic E-state index is 8.82. The molecule has 0 aliphatic heterocycles. The van der Waals surface area contributed by atoms with Crippen LogP contribution in [-0.2, 0) is 13.1 Å². The zero-order valence-electron chi connectivity index (χ0n) is 11.7. The summed E-state index contributed by atoms with van der Waals surface area (Å²) in [5.41, 5.74) is 8.80. The quantitative estimate of drug-likeness (QED) is 0.816. The summed E-state index contributed by atoms with van der Waals surface area (Å²) in [6.45, 7) is 2.26. The molecular weight excluding hydrogens is 328 g/mol. The highest BCUT2D eigenvalue weighted by atomic mass is 79.9. The van der Waals surface area contributed by atoms with Crippen LogP contribution < -0.4 is 5.73 Å². The summed E-state index contributed by atoms with van der Waals surface area (Å²) in [5, 5.41) is 8.82. The lowest BCUT2D eigenvalue weighted by Crippen LogP contribution is -2.24. The Morgan fingerprint density at radius 2 is 2.14 bits per heavy atom. The lowest BCUT2D eigenvalue weighted by atomic mass is 10.1. The van der Waals surface area contributed by atoms with E-state index in [0.717, 1.165) is 40.9 Å². The van der Waals surface area contributed by atoms with Crippen molar-refractivity contribution in [3.05, 3.63) is 58.3 Å². The molecule has 2 aromatic rings. The molecule has 0 fully saturated rings. The highest BCUT2D eigenvalue weighted by Gasteiger charge is 2.09. The van der Waals surface area contributed by atoms with Crippen molar-refractivity contribution < 1.29 is 0 Å². The number of benzene rings is 1. The number of nitrogens with zero attached hydrogens (tertiary/aromatic N) is 3. The van der Waals surface area contributed by atoms with Crippen LogP contribution in [0.25, 0.3) is 0 Å². The number of aromatic nitrogens is 1. The number of halogens is 1. The zero-order chi connectivity index (χ0) is 15.1. The van der Waals surface area contributed by atoms with E-state index in [9.17, 15) is 0 Å². The van der Waals surface area contributed by atoms with Gasteiger partial charge in [-0.2, -0.15) is 5.26 Å². The van der Waals surface area contributed by atoms with E-state index in [4.69, 9.17) is 11.0 Å². The predicted molar refractivity (Wildman–Crippen MR) is 87.1 cm³/mol. The van der Waals surface area contributed by atoms with E-state index in [1.807, 2.05) is 36.5 Å². The fraction of sp³-hybridized carbons (Fsp3) is 0.250. The van der Waals surface area contributed by atoms with E-state index in [2.05, 4.69) is 31.9 Å². The Hall–Kier alpha value is -1.90. The number of hydrogen-bond donors (Lipinski definition) is 1. The SMILES string of the molecule is N#CCCN(Cc1cccnc1)Cc1ccc(N)cc1Br. The van der Waals surface area contributed by atoms with E-state index in [1.165, 1.54) is 0 Å². The largest absolute Gasteiger partial charge is 0.399 e. The van der Waals surface area contributed by atoms with Crippen LogP contribution >= 0.6 is 15.9 Å². The van der Waals surface area contributed by atoms with Gasteiger partial charge < -0.3 is 5.73 Å². The predicted octanol–water partition coefficient (Wildman–Crippen LogP) is 3.34. The molecule has 0 bridgehead atoms. The minimum atomic E-state index is 0.507. The molecule has 1 aromatic carbocycles. The van der Waals surface area contributed by atoms with Crippen LogP contribution in [0.1, 0.15) is 17.5 Å². The van der Waals surface area contributed by atoms with E-state index in [0.29, 0.717) is 6.42 Å². The molecule has 0 saturated carbocycles. The van der Waals surface area contributed by atoms with Gasteiger partial charge in [-0.3, -0.25) is 9.88 Å². The van der Waals surface area contributed by atoms with Gasteiger partial charge >= 0.3 is 0 Å². The lowest BCUT2D eigenvalue weighted by molar-refractivity contribution is 0.262. The molecule has 0 aliphatic carbocycles. The highest BCUT2D eigenvalue weighted by molar-refractivity contribution is 9.10. The second kappa shape index (κ2) is 7.77. The molecule has 0 aliphatic rings. The Balaban J connectivity index is 2.10. The molecule has 21 heavy (non-hydrogen) atoms. The monoisotopic (exact) mass is 344 g/mol. The van der Waals surface area contributed by atoms with Crippen molar-refractivity contribution in [3.8, 4) is 6.07 Å². The third-order valence-corrected chi connectivity index (χ3v) is 3.88. The van der Waals surface area contributed by atoms with Crippen molar-refractivity contribution in [2.45, 2.75) is 19.5 Å². The Labute approximate surface area is 133 Å². The Morgan fingerprint density at radius 1 is 1.29 bits per heavy atom. The van der Waals surface area contributed by atoms with Gasteiger partial charge in [0.25, 0.3) is 0 Å². The van der Waals surface area contributed by atoms with Crippen LogP contribution in [0, 0.1) is 11.3 Å². The van der Waals surface area contributed by atoms with Gasteiger partial charge in [0.2, 0.25) is 0 Å². The maximum Gasteiger partial charge on any atom is 0.0635 e. The standard InChI is InChI=1S/C16H17BrN4/c17-16-9-15(19)5-4-14(16)12-21(8-2-6-18)11-13-3-1-7-20-10-13/h1,3-5,7,9-10H,2,8,11-12,19H2. The first-order valence-electron chi connectivity index (χ1n) is 6.71. The van der Waals surface area contributed by atoms with Gasteiger partial charge in [0.15, 0.2) is 0 Å². The first kappa shape index (κ1) is 15.5. The molecule has 5 heteroatoms. The molecule has 0 radical (unpaired) electrons. The van der Waals surface area contributed by atoms with Gasteiger partial charge in [0.05, 0.1) is 6.07 Å². The minimum absolute atomic E-state index is 0.507. The smallest absolute Gasteiger partial charge is 0.0635 e. The van der Waals surface area contributed by atoms with Gasteiger partial charge in [-0.1, -0.05) is 28.1 Å². The van der Waals surface area contributed by atoms with Gasteiger partial charge in [-0.15, -0.1) is 0 Å². The lowest BCUT2D eigenvalue weighted by Gasteiger charge is -2.22. The average molecular weight is 345 g/mol. The third kappa shape index (κ3) is 4.85. The van der Waals surface area contributed by atoms with E-state index in [1.54, 1.807) is 6.20 Å². The zero-order valence-corrected chi connectivity index (χ0v) is 13.3. The maximum absolute atomic E-state index is 8.82. The first-order chi connectivity index (χ1) is 10.2. The van der Waals surface area contributed by atoms with Gasteiger partial charge in [-0.05, 0) is 29.3 Å². The van der Waals surface area contributed by atoms with E-state index in [-0.39, 0.29) is 0 Å². The van der Waals surface area contributed by atoms with Crippen LogP contribution in [0.5, 0.6) is 0 Å². The Bertz CT molecular complexity index is 622. The van der Waals surface area contributed by atoms with Crippen molar-refractivity contribution in [2.75, 3.05) is 12.3 Å². The topological polar surface area (TPSA) is 65.9 Å². The number of rotatable bonds is 6. The third-order valence-electron chi connectivity index (χ3n) is 3.14.